The highest BCUT2D eigenvalue weighted by atomic mass is 35.5. The Morgan fingerprint density at radius 1 is 1.04 bits per heavy atom. The molecule has 1 unspecified atom stereocenters. The van der Waals surface area contributed by atoms with Gasteiger partial charge in [-0.3, -0.25) is 9.69 Å². The molecule has 8 heteroatoms. The van der Waals surface area contributed by atoms with Crippen molar-refractivity contribution in [2.75, 3.05) is 26.2 Å². The largest absolute Gasteiger partial charge is 0.336 e. The summed E-state index contributed by atoms with van der Waals surface area (Å²) < 4.78 is 1.52. The number of hydrogen-bond donors (Lipinski definition) is 0. The number of nitrogens with zero attached hydrogens (tertiary/aromatic N) is 6. The van der Waals surface area contributed by atoms with Gasteiger partial charge in [0.05, 0.1) is 11.3 Å². The van der Waals surface area contributed by atoms with Crippen LogP contribution in [0.3, 0.4) is 0 Å². The Hall–Kier alpha value is -2.77. The third kappa shape index (κ3) is 3.63. The van der Waals surface area contributed by atoms with Gasteiger partial charge in [0, 0.05) is 37.2 Å². The Balaban J connectivity index is 1.46. The lowest BCUT2D eigenvalue weighted by Crippen LogP contribution is -2.49. The molecule has 2 aromatic carbocycles. The van der Waals surface area contributed by atoms with Crippen LogP contribution < -0.4 is 0 Å². The van der Waals surface area contributed by atoms with Gasteiger partial charge in [0.1, 0.15) is 6.33 Å². The van der Waals surface area contributed by atoms with Gasteiger partial charge in [-0.15, -0.1) is 5.10 Å². The van der Waals surface area contributed by atoms with Gasteiger partial charge in [0.2, 0.25) is 0 Å². The van der Waals surface area contributed by atoms with E-state index in [-0.39, 0.29) is 11.9 Å². The van der Waals surface area contributed by atoms with Crippen molar-refractivity contribution in [3.05, 3.63) is 71.0 Å². The Morgan fingerprint density at radius 2 is 1.75 bits per heavy atom. The number of amides is 1. The number of halogens is 1. The minimum Gasteiger partial charge on any atom is -0.336 e. The average Bonchev–Trinajstić information content (AvgIpc) is 3.28. The second-order valence-corrected chi connectivity index (χ2v) is 7.20. The van der Waals surface area contributed by atoms with E-state index in [4.69, 9.17) is 11.6 Å². The molecule has 144 valence electrons. The highest BCUT2D eigenvalue weighted by molar-refractivity contribution is 6.31. The highest BCUT2D eigenvalue weighted by Crippen LogP contribution is 2.28. The molecule has 1 atom stereocenters. The van der Waals surface area contributed by atoms with Gasteiger partial charge >= 0.3 is 0 Å². The lowest BCUT2D eigenvalue weighted by molar-refractivity contribution is 0.0582. The van der Waals surface area contributed by atoms with Gasteiger partial charge < -0.3 is 4.90 Å². The van der Waals surface area contributed by atoms with Crippen LogP contribution in [0.25, 0.3) is 5.69 Å². The number of piperazine rings is 1. The highest BCUT2D eigenvalue weighted by Gasteiger charge is 2.27. The summed E-state index contributed by atoms with van der Waals surface area (Å²) in [5.74, 6) is -0.00357. The number of carbonyl (C=O) groups is 1. The fourth-order valence-corrected chi connectivity index (χ4v) is 3.91. The van der Waals surface area contributed by atoms with E-state index in [0.29, 0.717) is 24.3 Å². The van der Waals surface area contributed by atoms with Crippen molar-refractivity contribution in [1.29, 1.82) is 0 Å². The van der Waals surface area contributed by atoms with Crippen molar-refractivity contribution in [1.82, 2.24) is 30.0 Å². The molecule has 0 radical (unpaired) electrons. The Bertz CT molecular complexity index is 953. The molecule has 0 saturated carbocycles. The molecular weight excluding hydrogens is 376 g/mol. The van der Waals surface area contributed by atoms with Crippen molar-refractivity contribution >= 4 is 17.5 Å². The van der Waals surface area contributed by atoms with Crippen LogP contribution in [0.15, 0.2) is 54.9 Å². The molecule has 0 spiro atoms. The van der Waals surface area contributed by atoms with Crippen LogP contribution in [0.4, 0.5) is 0 Å². The predicted molar refractivity (Wildman–Crippen MR) is 106 cm³/mol. The van der Waals surface area contributed by atoms with Crippen LogP contribution in [0.2, 0.25) is 5.02 Å². The fraction of sp³-hybridized carbons (Fsp3) is 0.300. The molecule has 0 bridgehead atoms. The number of rotatable bonds is 4. The Morgan fingerprint density at radius 3 is 2.46 bits per heavy atom. The molecule has 28 heavy (non-hydrogen) atoms. The summed E-state index contributed by atoms with van der Waals surface area (Å²) >= 11 is 6.35. The lowest BCUT2D eigenvalue weighted by atomic mass is 10.1. The Kier molecular flexibility index (Phi) is 5.36. The molecule has 0 aliphatic carbocycles. The quantitative estimate of drug-likeness (QED) is 0.678. The molecular formula is C20H21ClN6O. The van der Waals surface area contributed by atoms with E-state index >= 15 is 0 Å². The van der Waals surface area contributed by atoms with E-state index in [9.17, 15) is 4.79 Å². The zero-order valence-corrected chi connectivity index (χ0v) is 16.3. The van der Waals surface area contributed by atoms with Gasteiger partial charge in [0.25, 0.3) is 5.91 Å². The molecule has 1 fully saturated rings. The summed E-state index contributed by atoms with van der Waals surface area (Å²) in [4.78, 5) is 17.4. The fourth-order valence-electron chi connectivity index (χ4n) is 3.62. The number of benzene rings is 2. The van der Waals surface area contributed by atoms with E-state index < -0.39 is 0 Å². The second-order valence-electron chi connectivity index (χ2n) is 6.80. The van der Waals surface area contributed by atoms with Crippen LogP contribution in [0.5, 0.6) is 0 Å². The van der Waals surface area contributed by atoms with E-state index in [1.807, 2.05) is 47.4 Å². The molecule has 2 heterocycles. The lowest BCUT2D eigenvalue weighted by Gasteiger charge is -2.38. The molecule has 0 N–H and O–H groups in total. The molecule has 7 nitrogen and oxygen atoms in total. The first-order valence-corrected chi connectivity index (χ1v) is 9.63. The van der Waals surface area contributed by atoms with Gasteiger partial charge in [-0.25, -0.2) is 0 Å². The van der Waals surface area contributed by atoms with Crippen molar-refractivity contribution in [3.8, 4) is 5.69 Å². The maximum Gasteiger partial charge on any atom is 0.256 e. The zero-order chi connectivity index (χ0) is 19.5. The molecule has 4 rings (SSSR count). The maximum absolute atomic E-state index is 13.1. The smallest absolute Gasteiger partial charge is 0.256 e. The monoisotopic (exact) mass is 396 g/mol. The van der Waals surface area contributed by atoms with E-state index in [1.54, 1.807) is 0 Å². The van der Waals surface area contributed by atoms with Gasteiger partial charge in [-0.2, -0.15) is 4.68 Å². The SMILES string of the molecule is CC(c1ccccc1Cl)N1CCN(C(=O)c2ccccc2-n2cnnn2)CC1. The van der Waals surface area contributed by atoms with Crippen molar-refractivity contribution in [2.45, 2.75) is 13.0 Å². The van der Waals surface area contributed by atoms with Gasteiger partial charge in [-0.05, 0) is 41.1 Å². The van der Waals surface area contributed by atoms with Crippen LogP contribution in [-0.2, 0) is 0 Å². The van der Waals surface area contributed by atoms with Crippen LogP contribution >= 0.6 is 11.6 Å². The molecule has 1 aliphatic heterocycles. The summed E-state index contributed by atoms with van der Waals surface area (Å²) in [7, 11) is 0. The Labute approximate surface area is 168 Å². The first kappa shape index (κ1) is 18.6. The minimum atomic E-state index is -0.00357. The molecule has 1 aromatic heterocycles. The van der Waals surface area contributed by atoms with Crippen LogP contribution in [0.1, 0.15) is 28.9 Å². The summed E-state index contributed by atoms with van der Waals surface area (Å²) in [5.41, 5.74) is 2.40. The van der Waals surface area contributed by atoms with Gasteiger partial charge in [-0.1, -0.05) is 41.9 Å². The first-order valence-electron chi connectivity index (χ1n) is 9.25. The number of aromatic nitrogens is 4. The third-order valence-corrected chi connectivity index (χ3v) is 5.58. The van der Waals surface area contributed by atoms with Crippen molar-refractivity contribution < 1.29 is 4.79 Å². The summed E-state index contributed by atoms with van der Waals surface area (Å²) in [6.07, 6.45) is 1.50. The number of para-hydroxylation sites is 1. The summed E-state index contributed by atoms with van der Waals surface area (Å²) in [6, 6.07) is 15.5. The molecule has 1 amide bonds. The number of tetrazole rings is 1. The molecule has 1 saturated heterocycles. The normalized spacial score (nSPS) is 16.1. The molecule has 3 aromatic rings. The summed E-state index contributed by atoms with van der Waals surface area (Å²) in [5, 5.41) is 12.0. The summed E-state index contributed by atoms with van der Waals surface area (Å²) in [6.45, 7) is 5.08. The average molecular weight is 397 g/mol. The first-order chi connectivity index (χ1) is 13.6. The topological polar surface area (TPSA) is 67.2 Å². The van der Waals surface area contributed by atoms with E-state index in [0.717, 1.165) is 23.7 Å². The van der Waals surface area contributed by atoms with E-state index in [2.05, 4.69) is 33.4 Å². The number of hydrogen-bond acceptors (Lipinski definition) is 5. The van der Waals surface area contributed by atoms with Crippen molar-refractivity contribution in [3.63, 3.8) is 0 Å². The van der Waals surface area contributed by atoms with Crippen molar-refractivity contribution in [2.24, 2.45) is 0 Å². The minimum absolute atomic E-state index is 0.00357. The molecule has 1 aliphatic rings. The standard InChI is InChI=1S/C20H21ClN6O/c1-15(16-6-2-4-8-18(16)21)25-10-12-26(13-11-25)20(28)17-7-3-5-9-19(17)27-14-22-23-24-27/h2-9,14-15H,10-13H2,1H3. The zero-order valence-electron chi connectivity index (χ0n) is 15.6. The van der Waals surface area contributed by atoms with E-state index in [1.165, 1.54) is 11.0 Å². The number of carbonyl (C=O) groups excluding carboxylic acids is 1. The second kappa shape index (κ2) is 8.08. The predicted octanol–water partition coefficient (Wildman–Crippen LogP) is 2.83. The van der Waals surface area contributed by atoms with Gasteiger partial charge in [0.15, 0.2) is 0 Å². The van der Waals surface area contributed by atoms with Crippen LogP contribution in [0, 0.1) is 0 Å². The third-order valence-electron chi connectivity index (χ3n) is 5.23. The van der Waals surface area contributed by atoms with Crippen LogP contribution in [-0.4, -0.2) is 62.1 Å². The maximum atomic E-state index is 13.1.